The van der Waals surface area contributed by atoms with Crippen LogP contribution in [0.15, 0.2) is 30.5 Å². The Morgan fingerprint density at radius 1 is 0.922 bits per heavy atom. The Kier molecular flexibility index (Phi) is 16.0. The Bertz CT molecular complexity index is 1480. The molecule has 0 bridgehead atoms. The van der Waals surface area contributed by atoms with Gasteiger partial charge in [0.2, 0.25) is 29.5 Å². The van der Waals surface area contributed by atoms with Gasteiger partial charge in [0, 0.05) is 38.0 Å². The van der Waals surface area contributed by atoms with E-state index in [1.54, 1.807) is 30.5 Å². The molecule has 2 aromatic rings. The van der Waals surface area contributed by atoms with E-state index in [0.29, 0.717) is 62.0 Å². The van der Waals surface area contributed by atoms with Crippen molar-refractivity contribution in [1.29, 1.82) is 0 Å². The molecule has 0 radical (unpaired) electrons. The third kappa shape index (κ3) is 13.1. The molecule has 16 nitrogen and oxygen atoms in total. The number of urea groups is 1. The molecule has 16 heteroatoms. The molecule has 1 aliphatic rings. The molecule has 1 aromatic carbocycles. The van der Waals surface area contributed by atoms with E-state index in [0.717, 1.165) is 0 Å². The zero-order chi connectivity index (χ0) is 37.5. The second-order valence-corrected chi connectivity index (χ2v) is 13.6. The number of benzene rings is 1. The Labute approximate surface area is 298 Å². The standard InChI is InChI=1S/C35H53N9O7/c1-22(2)19-26(39-29(46)10-6-5-7-18-43-30(47)15-16-31(43)48)33(49)40-32(23(3)4)27-20-44(42-41-27)28(9-8-17-37-35(36)51)34(50)38-25-13-11-24(21-45)12-14-25/h11-14,20,22-23,26,28,32,45H,5-10,15-19,21H2,1-4H3,(H,38,50)(H,39,46)(H,40,49)(H3,36,37,51)/t26-,28+,32+/m1/s1. The third-order valence-corrected chi connectivity index (χ3v) is 8.59. The molecule has 3 rings (SSSR count). The molecule has 7 amide bonds. The summed E-state index contributed by atoms with van der Waals surface area (Å²) < 4.78 is 1.43. The van der Waals surface area contributed by atoms with Crippen LogP contribution < -0.4 is 27.0 Å². The zero-order valence-electron chi connectivity index (χ0n) is 30.0. The number of aliphatic hydroxyl groups excluding tert-OH is 1. The molecule has 1 aliphatic heterocycles. The van der Waals surface area contributed by atoms with Crippen LogP contribution in [0.3, 0.4) is 0 Å². The van der Waals surface area contributed by atoms with Crippen LogP contribution >= 0.6 is 0 Å². The third-order valence-electron chi connectivity index (χ3n) is 8.59. The van der Waals surface area contributed by atoms with Crippen molar-refractivity contribution in [3.8, 4) is 0 Å². The first kappa shape index (κ1) is 40.6. The SMILES string of the molecule is CC(C)C[C@@H](NC(=O)CCCCCN1C(=O)CCC1=O)C(=O)N[C@H](c1cn([C@@H](CCCNC(N)=O)C(=O)Nc2ccc(CO)cc2)nn1)C(C)C. The predicted molar refractivity (Wildman–Crippen MR) is 188 cm³/mol. The molecule has 280 valence electrons. The van der Waals surface area contributed by atoms with Gasteiger partial charge in [-0.3, -0.25) is 28.9 Å². The highest BCUT2D eigenvalue weighted by atomic mass is 16.3. The van der Waals surface area contributed by atoms with Gasteiger partial charge in [-0.25, -0.2) is 9.48 Å². The molecule has 51 heavy (non-hydrogen) atoms. The zero-order valence-corrected chi connectivity index (χ0v) is 30.0. The summed E-state index contributed by atoms with van der Waals surface area (Å²) in [7, 11) is 0. The number of hydrogen-bond donors (Lipinski definition) is 6. The number of nitrogens with zero attached hydrogens (tertiary/aromatic N) is 4. The van der Waals surface area contributed by atoms with Crippen LogP contribution in [0, 0.1) is 11.8 Å². The Hall–Kier alpha value is -4.86. The van der Waals surface area contributed by atoms with Crippen molar-refractivity contribution >= 4 is 41.3 Å². The van der Waals surface area contributed by atoms with Crippen molar-refractivity contribution in [2.75, 3.05) is 18.4 Å². The summed E-state index contributed by atoms with van der Waals surface area (Å²) in [5.41, 5.74) is 6.85. The molecular formula is C35H53N9O7. The second kappa shape index (κ2) is 20.1. The lowest BCUT2D eigenvalue weighted by Crippen LogP contribution is -2.49. The number of amides is 7. The van der Waals surface area contributed by atoms with Gasteiger partial charge >= 0.3 is 6.03 Å². The van der Waals surface area contributed by atoms with Crippen LogP contribution in [0.4, 0.5) is 10.5 Å². The fraction of sp³-hybridized carbons (Fsp3) is 0.600. The van der Waals surface area contributed by atoms with E-state index in [2.05, 4.69) is 31.6 Å². The van der Waals surface area contributed by atoms with Crippen LogP contribution in [0.1, 0.15) is 109 Å². The number of nitrogens with one attached hydrogen (secondary N) is 4. The molecule has 3 atom stereocenters. The van der Waals surface area contributed by atoms with Gasteiger partial charge in [0.1, 0.15) is 17.8 Å². The summed E-state index contributed by atoms with van der Waals surface area (Å²) in [6.45, 7) is 8.24. The Morgan fingerprint density at radius 3 is 2.22 bits per heavy atom. The van der Waals surface area contributed by atoms with E-state index in [1.165, 1.54) is 9.58 Å². The van der Waals surface area contributed by atoms with Gasteiger partial charge in [-0.05, 0) is 61.6 Å². The lowest BCUT2D eigenvalue weighted by molar-refractivity contribution is -0.138. The average molecular weight is 712 g/mol. The number of carbonyl (C=O) groups excluding carboxylic acids is 6. The highest BCUT2D eigenvalue weighted by molar-refractivity contribution is 6.01. The van der Waals surface area contributed by atoms with E-state index in [-0.39, 0.29) is 73.8 Å². The lowest BCUT2D eigenvalue weighted by Gasteiger charge is -2.25. The number of anilines is 1. The van der Waals surface area contributed by atoms with Gasteiger partial charge in [-0.15, -0.1) is 5.10 Å². The van der Waals surface area contributed by atoms with Crippen LogP contribution in [0.2, 0.25) is 0 Å². The van der Waals surface area contributed by atoms with Crippen molar-refractivity contribution in [3.63, 3.8) is 0 Å². The summed E-state index contributed by atoms with van der Waals surface area (Å²) in [6, 6.07) is 3.90. The van der Waals surface area contributed by atoms with Gasteiger partial charge in [0.25, 0.3) is 0 Å². The number of nitrogens with two attached hydrogens (primary N) is 1. The predicted octanol–water partition coefficient (Wildman–Crippen LogP) is 2.45. The van der Waals surface area contributed by atoms with Crippen LogP contribution in [-0.2, 0) is 30.6 Å². The highest BCUT2D eigenvalue weighted by Gasteiger charge is 2.30. The molecular weight excluding hydrogens is 658 g/mol. The highest BCUT2D eigenvalue weighted by Crippen LogP contribution is 2.24. The molecule has 0 saturated carbocycles. The number of carbonyl (C=O) groups is 6. The minimum Gasteiger partial charge on any atom is -0.392 e. The smallest absolute Gasteiger partial charge is 0.312 e. The first-order valence-corrected chi connectivity index (χ1v) is 17.7. The van der Waals surface area contributed by atoms with Crippen LogP contribution in [-0.4, -0.2) is 79.7 Å². The molecule has 7 N–H and O–H groups in total. The van der Waals surface area contributed by atoms with Crippen molar-refractivity contribution < 1.29 is 33.9 Å². The van der Waals surface area contributed by atoms with Crippen molar-refractivity contribution in [2.24, 2.45) is 17.6 Å². The summed E-state index contributed by atoms with van der Waals surface area (Å²) in [6.07, 6.45) is 5.28. The van der Waals surface area contributed by atoms with Gasteiger partial charge in [0.05, 0.1) is 18.8 Å². The van der Waals surface area contributed by atoms with E-state index >= 15 is 0 Å². The quantitative estimate of drug-likeness (QED) is 0.0824. The number of imide groups is 1. The minimum atomic E-state index is -0.814. The normalized spacial score (nSPS) is 14.8. The Balaban J connectivity index is 1.66. The largest absolute Gasteiger partial charge is 0.392 e. The lowest BCUT2D eigenvalue weighted by atomic mass is 9.98. The van der Waals surface area contributed by atoms with E-state index in [1.807, 2.05) is 27.7 Å². The topological polar surface area (TPSA) is 231 Å². The summed E-state index contributed by atoms with van der Waals surface area (Å²) in [5.74, 6) is -1.31. The van der Waals surface area contributed by atoms with E-state index < -0.39 is 24.2 Å². The molecule has 1 saturated heterocycles. The first-order valence-electron chi connectivity index (χ1n) is 17.7. The average Bonchev–Trinajstić information content (AvgIpc) is 3.68. The fourth-order valence-corrected chi connectivity index (χ4v) is 5.80. The van der Waals surface area contributed by atoms with Crippen LogP contribution in [0.25, 0.3) is 0 Å². The van der Waals surface area contributed by atoms with Gasteiger partial charge in [-0.1, -0.05) is 51.5 Å². The number of hydrogen-bond acceptors (Lipinski definition) is 9. The number of aliphatic hydroxyl groups is 1. The van der Waals surface area contributed by atoms with Crippen LogP contribution in [0.5, 0.6) is 0 Å². The summed E-state index contributed by atoms with van der Waals surface area (Å²) >= 11 is 0. The Morgan fingerprint density at radius 2 is 1.61 bits per heavy atom. The number of likely N-dealkylation sites (tertiary alicyclic amines) is 1. The van der Waals surface area contributed by atoms with Gasteiger partial charge < -0.3 is 32.1 Å². The second-order valence-electron chi connectivity index (χ2n) is 13.6. The van der Waals surface area contributed by atoms with Crippen molar-refractivity contribution in [1.82, 2.24) is 35.8 Å². The van der Waals surface area contributed by atoms with Gasteiger partial charge in [0.15, 0.2) is 0 Å². The number of unbranched alkanes of at least 4 members (excludes halogenated alkanes) is 2. The number of primary amides is 1. The van der Waals surface area contributed by atoms with Gasteiger partial charge in [-0.2, -0.15) is 0 Å². The fourth-order valence-electron chi connectivity index (χ4n) is 5.80. The molecule has 2 heterocycles. The maximum atomic E-state index is 13.6. The number of rotatable bonds is 21. The molecule has 0 aliphatic carbocycles. The number of aromatic nitrogens is 3. The molecule has 1 fully saturated rings. The maximum Gasteiger partial charge on any atom is 0.312 e. The molecule has 0 unspecified atom stereocenters. The summed E-state index contributed by atoms with van der Waals surface area (Å²) in [5, 5.41) is 29.2. The van der Waals surface area contributed by atoms with E-state index in [9.17, 15) is 33.9 Å². The minimum absolute atomic E-state index is 0.109. The first-order chi connectivity index (χ1) is 24.3. The van der Waals surface area contributed by atoms with Crippen molar-refractivity contribution in [2.45, 2.75) is 110 Å². The van der Waals surface area contributed by atoms with Crippen molar-refractivity contribution in [3.05, 3.63) is 41.7 Å². The molecule has 0 spiro atoms. The maximum absolute atomic E-state index is 13.6. The summed E-state index contributed by atoms with van der Waals surface area (Å²) in [4.78, 5) is 76.1. The van der Waals surface area contributed by atoms with E-state index in [4.69, 9.17) is 5.73 Å². The molecule has 1 aromatic heterocycles. The monoisotopic (exact) mass is 711 g/mol.